The summed E-state index contributed by atoms with van der Waals surface area (Å²) in [5.41, 5.74) is 1.44. The van der Waals surface area contributed by atoms with E-state index in [4.69, 9.17) is 9.98 Å². The first kappa shape index (κ1) is 24.8. The van der Waals surface area contributed by atoms with Crippen molar-refractivity contribution in [3.63, 3.8) is 0 Å². The third-order valence-electron chi connectivity index (χ3n) is 6.49. The largest absolute Gasteiger partial charge is 0.416 e. The molecule has 1 atom stereocenters. The second-order valence-electron chi connectivity index (χ2n) is 9.51. The van der Waals surface area contributed by atoms with E-state index in [1.54, 1.807) is 18.2 Å². The lowest BCUT2D eigenvalue weighted by Crippen LogP contribution is -2.47. The third kappa shape index (κ3) is 6.28. The summed E-state index contributed by atoms with van der Waals surface area (Å²) >= 11 is 0. The molecule has 3 aliphatic rings. The zero-order valence-corrected chi connectivity index (χ0v) is 20.3. The number of halogens is 3. The average Bonchev–Trinajstić information content (AvgIpc) is 3.61. The number of hydrogen-bond acceptors (Lipinski definition) is 6. The fourth-order valence-electron chi connectivity index (χ4n) is 4.22. The second-order valence-corrected chi connectivity index (χ2v) is 9.51. The number of hydrogen-bond donors (Lipinski definition) is 3. The topological polar surface area (TPSA) is 97.8 Å². The van der Waals surface area contributed by atoms with Gasteiger partial charge < -0.3 is 15.5 Å². The summed E-state index contributed by atoms with van der Waals surface area (Å²) in [6, 6.07) is 7.11. The fourth-order valence-corrected chi connectivity index (χ4v) is 4.22. The van der Waals surface area contributed by atoms with E-state index in [0.29, 0.717) is 54.3 Å². The Morgan fingerprint density at radius 1 is 1.16 bits per heavy atom. The number of alkyl halides is 3. The Hall–Kier alpha value is -3.89. The molecular formula is C26H28F3N7O. The Morgan fingerprint density at radius 3 is 2.76 bits per heavy atom. The molecule has 1 saturated heterocycles. The van der Waals surface area contributed by atoms with Crippen LogP contribution in [0.2, 0.25) is 0 Å². The number of rotatable bonds is 5. The van der Waals surface area contributed by atoms with Crippen molar-refractivity contribution < 1.29 is 18.0 Å². The molecule has 1 aromatic heterocycles. The number of allylic oxidation sites excluding steroid dienone is 2. The molecule has 0 radical (unpaired) electrons. The lowest BCUT2D eigenvalue weighted by molar-refractivity contribution is -0.137. The zero-order chi connectivity index (χ0) is 26.0. The smallest absolute Gasteiger partial charge is 0.353 e. The molecule has 0 bridgehead atoms. The molecule has 3 heterocycles. The van der Waals surface area contributed by atoms with E-state index in [-0.39, 0.29) is 18.4 Å². The Bertz CT molecular complexity index is 1290. The Balaban J connectivity index is 1.45. The van der Waals surface area contributed by atoms with Gasteiger partial charge in [-0.2, -0.15) is 23.3 Å². The Labute approximate surface area is 212 Å². The van der Waals surface area contributed by atoms with Gasteiger partial charge in [0, 0.05) is 42.4 Å². The van der Waals surface area contributed by atoms with Crippen LogP contribution in [0, 0.1) is 5.92 Å². The van der Waals surface area contributed by atoms with Crippen molar-refractivity contribution in [2.24, 2.45) is 15.9 Å². The standard InChI is InChI=1S/C26H28F3N7O/c1-16-5-10-23(36-12-11-30-24(37)15-36)33-25(32-22-14-21(34-35-22)18-7-8-18)31-20(16)9-6-17-3-2-4-19(13-17)26(27,28)29/h2-4,6,9-10,13-14,16,18H,5,7-8,11-12,15H2,1H3,(H,30,37)(H2,32,33,34,35)/b9-6+,23-10-,31-20?. The first-order valence-electron chi connectivity index (χ1n) is 12.3. The first-order valence-corrected chi connectivity index (χ1v) is 12.3. The number of carbonyl (C=O) groups is 1. The molecule has 2 fully saturated rings. The molecule has 2 aromatic rings. The normalized spacial score (nSPS) is 22.5. The minimum atomic E-state index is -4.41. The van der Waals surface area contributed by atoms with Gasteiger partial charge in [0.15, 0.2) is 5.82 Å². The van der Waals surface area contributed by atoms with Crippen molar-refractivity contribution in [1.82, 2.24) is 20.4 Å². The van der Waals surface area contributed by atoms with Gasteiger partial charge in [-0.15, -0.1) is 0 Å². The van der Waals surface area contributed by atoms with Crippen LogP contribution in [-0.4, -0.2) is 52.3 Å². The summed E-state index contributed by atoms with van der Waals surface area (Å²) < 4.78 is 39.4. The molecule has 194 valence electrons. The van der Waals surface area contributed by atoms with Crippen LogP contribution >= 0.6 is 0 Å². The molecule has 3 N–H and O–H groups in total. The third-order valence-corrected chi connectivity index (χ3v) is 6.49. The molecule has 1 aliphatic carbocycles. The van der Waals surface area contributed by atoms with Crippen LogP contribution in [0.3, 0.4) is 0 Å². The predicted molar refractivity (Wildman–Crippen MR) is 136 cm³/mol. The molecule has 2 aliphatic heterocycles. The fraction of sp³-hybridized carbons (Fsp3) is 0.385. The first-order chi connectivity index (χ1) is 17.7. The monoisotopic (exact) mass is 511 g/mol. The van der Waals surface area contributed by atoms with E-state index in [9.17, 15) is 18.0 Å². The number of nitrogens with zero attached hydrogens (tertiary/aromatic N) is 4. The summed E-state index contributed by atoms with van der Waals surface area (Å²) in [7, 11) is 0. The molecule has 0 spiro atoms. The van der Waals surface area contributed by atoms with Gasteiger partial charge in [-0.1, -0.05) is 25.1 Å². The predicted octanol–water partition coefficient (Wildman–Crippen LogP) is 4.54. The van der Waals surface area contributed by atoms with Crippen molar-refractivity contribution >= 4 is 29.5 Å². The number of aliphatic imine (C=N–C) groups is 2. The van der Waals surface area contributed by atoms with Crippen molar-refractivity contribution in [2.75, 3.05) is 25.0 Å². The van der Waals surface area contributed by atoms with Crippen molar-refractivity contribution in [3.8, 4) is 0 Å². The number of amides is 1. The summed E-state index contributed by atoms with van der Waals surface area (Å²) in [6.45, 7) is 3.36. The van der Waals surface area contributed by atoms with E-state index >= 15 is 0 Å². The molecule has 11 heteroatoms. The van der Waals surface area contributed by atoms with E-state index in [1.165, 1.54) is 6.07 Å². The summed E-state index contributed by atoms with van der Waals surface area (Å²) in [4.78, 5) is 23.4. The highest BCUT2D eigenvalue weighted by Gasteiger charge is 2.30. The number of carbonyl (C=O) groups excluding carboxylic acids is 1. The van der Waals surface area contributed by atoms with Crippen LogP contribution in [-0.2, 0) is 11.0 Å². The number of benzene rings is 1. The Kier molecular flexibility index (Phi) is 6.86. The van der Waals surface area contributed by atoms with Gasteiger partial charge in [0.1, 0.15) is 5.82 Å². The Morgan fingerprint density at radius 2 is 2.00 bits per heavy atom. The summed E-state index contributed by atoms with van der Waals surface area (Å²) in [5, 5.41) is 13.4. The van der Waals surface area contributed by atoms with Gasteiger partial charge in [-0.3, -0.25) is 9.89 Å². The van der Waals surface area contributed by atoms with Gasteiger partial charge in [0.25, 0.3) is 0 Å². The van der Waals surface area contributed by atoms with Crippen LogP contribution in [0.4, 0.5) is 19.0 Å². The molecule has 1 saturated carbocycles. The summed E-state index contributed by atoms with van der Waals surface area (Å²) in [5.74, 6) is 1.90. The van der Waals surface area contributed by atoms with Crippen LogP contribution in [0.5, 0.6) is 0 Å². The second kappa shape index (κ2) is 10.2. The number of aromatic nitrogens is 2. The number of anilines is 1. The number of aromatic amines is 1. The highest BCUT2D eigenvalue weighted by molar-refractivity contribution is 6.10. The van der Waals surface area contributed by atoms with Gasteiger partial charge in [0.2, 0.25) is 11.9 Å². The molecule has 1 unspecified atom stereocenters. The van der Waals surface area contributed by atoms with Crippen LogP contribution in [0.1, 0.15) is 48.9 Å². The highest BCUT2D eigenvalue weighted by atomic mass is 19.4. The van der Waals surface area contributed by atoms with Crippen molar-refractivity contribution in [3.05, 3.63) is 65.1 Å². The minimum absolute atomic E-state index is 0.0517. The highest BCUT2D eigenvalue weighted by Crippen LogP contribution is 2.39. The maximum Gasteiger partial charge on any atom is 0.416 e. The van der Waals surface area contributed by atoms with Gasteiger partial charge >= 0.3 is 6.18 Å². The SMILES string of the molecule is CC1C/C=C(\N2CCNC(=O)C2)N=C(Nc2cc(C3CC3)[nH]n2)N=C1/C=C/c1cccc(C(F)(F)F)c1. The van der Waals surface area contributed by atoms with Gasteiger partial charge in [0.05, 0.1) is 12.1 Å². The number of nitrogens with one attached hydrogen (secondary N) is 3. The molecule has 1 aromatic carbocycles. The van der Waals surface area contributed by atoms with Crippen LogP contribution in [0.25, 0.3) is 6.08 Å². The quantitative estimate of drug-likeness (QED) is 0.549. The number of H-pyrrole nitrogens is 1. The number of piperazine rings is 1. The molecule has 8 nitrogen and oxygen atoms in total. The number of guanidine groups is 1. The zero-order valence-electron chi connectivity index (χ0n) is 20.3. The maximum atomic E-state index is 13.1. The summed E-state index contributed by atoms with van der Waals surface area (Å²) in [6.07, 6.45) is 3.78. The maximum absolute atomic E-state index is 13.1. The molecular weight excluding hydrogens is 483 g/mol. The van der Waals surface area contributed by atoms with Crippen LogP contribution in [0.15, 0.2) is 58.3 Å². The van der Waals surface area contributed by atoms with Crippen molar-refractivity contribution in [1.29, 1.82) is 0 Å². The molecule has 37 heavy (non-hydrogen) atoms. The molecule has 1 amide bonds. The van der Waals surface area contributed by atoms with Crippen LogP contribution < -0.4 is 10.6 Å². The minimum Gasteiger partial charge on any atom is -0.353 e. The van der Waals surface area contributed by atoms with E-state index < -0.39 is 11.7 Å². The van der Waals surface area contributed by atoms with Crippen molar-refractivity contribution in [2.45, 2.75) is 38.3 Å². The van der Waals surface area contributed by atoms with Gasteiger partial charge in [-0.05, 0) is 49.1 Å². The van der Waals surface area contributed by atoms with E-state index in [1.807, 2.05) is 24.0 Å². The lowest BCUT2D eigenvalue weighted by Gasteiger charge is -2.29. The van der Waals surface area contributed by atoms with E-state index in [2.05, 4.69) is 20.8 Å². The van der Waals surface area contributed by atoms with Gasteiger partial charge in [-0.25, -0.2) is 4.99 Å². The van der Waals surface area contributed by atoms with E-state index in [0.717, 1.165) is 30.7 Å². The molecule has 5 rings (SSSR count). The lowest BCUT2D eigenvalue weighted by atomic mass is 9.99. The average molecular weight is 512 g/mol.